The van der Waals surface area contributed by atoms with Crippen LogP contribution in [0.5, 0.6) is 0 Å². The molecule has 1 amide bonds. The zero-order valence-electron chi connectivity index (χ0n) is 10.7. The van der Waals surface area contributed by atoms with E-state index in [4.69, 9.17) is 10.5 Å². The van der Waals surface area contributed by atoms with Gasteiger partial charge in [0.05, 0.1) is 12.5 Å². The van der Waals surface area contributed by atoms with E-state index in [1.807, 2.05) is 4.90 Å². The molecule has 2 N–H and O–H groups in total. The Kier molecular flexibility index (Phi) is 4.40. The van der Waals surface area contributed by atoms with Gasteiger partial charge in [0, 0.05) is 25.7 Å². The highest BCUT2D eigenvalue weighted by molar-refractivity contribution is 5.79. The molecule has 98 valence electrons. The highest BCUT2D eigenvalue weighted by Gasteiger charge is 2.34. The van der Waals surface area contributed by atoms with Crippen LogP contribution in [0, 0.1) is 11.8 Å². The van der Waals surface area contributed by atoms with Gasteiger partial charge in [-0.2, -0.15) is 0 Å². The monoisotopic (exact) mass is 240 g/mol. The quantitative estimate of drug-likeness (QED) is 0.744. The third-order valence-corrected chi connectivity index (χ3v) is 4.02. The predicted molar refractivity (Wildman–Crippen MR) is 66.5 cm³/mol. The molecule has 1 heterocycles. The van der Waals surface area contributed by atoms with Crippen molar-refractivity contribution in [2.24, 2.45) is 17.6 Å². The topological polar surface area (TPSA) is 55.6 Å². The summed E-state index contributed by atoms with van der Waals surface area (Å²) in [5, 5.41) is 0. The van der Waals surface area contributed by atoms with Crippen molar-refractivity contribution in [2.75, 3.05) is 26.3 Å². The summed E-state index contributed by atoms with van der Waals surface area (Å²) in [6, 6.07) is 0.0582. The van der Waals surface area contributed by atoms with Gasteiger partial charge in [0.25, 0.3) is 0 Å². The fraction of sp³-hybridized carbons (Fsp3) is 0.923. The van der Waals surface area contributed by atoms with Crippen LogP contribution in [0.4, 0.5) is 0 Å². The lowest BCUT2D eigenvalue weighted by Gasteiger charge is -2.34. The molecule has 1 aliphatic carbocycles. The number of carbonyl (C=O) groups excluding carboxylic acids is 1. The fourth-order valence-electron chi connectivity index (χ4n) is 2.89. The largest absolute Gasteiger partial charge is 0.380 e. The second kappa shape index (κ2) is 5.83. The summed E-state index contributed by atoms with van der Waals surface area (Å²) >= 11 is 0. The molecule has 0 aromatic carbocycles. The van der Waals surface area contributed by atoms with Gasteiger partial charge in [0.2, 0.25) is 5.91 Å². The van der Waals surface area contributed by atoms with Crippen molar-refractivity contribution in [2.45, 2.75) is 38.6 Å². The van der Waals surface area contributed by atoms with Crippen LogP contribution in [-0.2, 0) is 9.53 Å². The Morgan fingerprint density at radius 3 is 2.94 bits per heavy atom. The molecule has 0 spiro atoms. The van der Waals surface area contributed by atoms with E-state index in [1.165, 1.54) is 0 Å². The maximum Gasteiger partial charge on any atom is 0.227 e. The van der Waals surface area contributed by atoms with Crippen molar-refractivity contribution in [3.8, 4) is 0 Å². The number of nitrogens with two attached hydrogens (primary N) is 1. The van der Waals surface area contributed by atoms with Gasteiger partial charge >= 0.3 is 0 Å². The van der Waals surface area contributed by atoms with Crippen molar-refractivity contribution in [3.05, 3.63) is 0 Å². The van der Waals surface area contributed by atoms with Crippen molar-refractivity contribution in [1.29, 1.82) is 0 Å². The van der Waals surface area contributed by atoms with Crippen LogP contribution in [0.3, 0.4) is 0 Å². The summed E-state index contributed by atoms with van der Waals surface area (Å²) in [7, 11) is 0. The maximum atomic E-state index is 12.5. The van der Waals surface area contributed by atoms with Crippen LogP contribution < -0.4 is 5.73 Å². The van der Waals surface area contributed by atoms with Crippen LogP contribution in [0.2, 0.25) is 0 Å². The number of nitrogens with zero attached hydrogens (tertiary/aromatic N) is 1. The zero-order chi connectivity index (χ0) is 12.3. The molecule has 0 bridgehead atoms. The van der Waals surface area contributed by atoms with E-state index in [9.17, 15) is 4.79 Å². The molecule has 2 aliphatic rings. The average Bonchev–Trinajstić information content (AvgIpc) is 2.60. The van der Waals surface area contributed by atoms with Crippen LogP contribution >= 0.6 is 0 Å². The first-order valence-electron chi connectivity index (χ1n) is 6.80. The Balaban J connectivity index is 1.96. The molecule has 4 nitrogen and oxygen atoms in total. The van der Waals surface area contributed by atoms with E-state index in [2.05, 4.69) is 6.92 Å². The van der Waals surface area contributed by atoms with Crippen LogP contribution in [-0.4, -0.2) is 43.2 Å². The molecule has 0 radical (unpaired) electrons. The minimum Gasteiger partial charge on any atom is -0.380 e. The SMILES string of the molecule is CC1CCC(N)C(C(=O)N2CCCOCC2)C1. The molecule has 0 aromatic heterocycles. The van der Waals surface area contributed by atoms with Gasteiger partial charge in [0.15, 0.2) is 0 Å². The summed E-state index contributed by atoms with van der Waals surface area (Å²) in [6.07, 6.45) is 4.05. The fourth-order valence-corrected chi connectivity index (χ4v) is 2.89. The Bertz CT molecular complexity index is 262. The predicted octanol–water partition coefficient (Wildman–Crippen LogP) is 0.999. The third-order valence-electron chi connectivity index (χ3n) is 4.02. The summed E-state index contributed by atoms with van der Waals surface area (Å²) in [4.78, 5) is 14.4. The molecule has 0 aromatic rings. The van der Waals surface area contributed by atoms with Crippen LogP contribution in [0.15, 0.2) is 0 Å². The lowest BCUT2D eigenvalue weighted by molar-refractivity contribution is -0.137. The third kappa shape index (κ3) is 3.19. The zero-order valence-corrected chi connectivity index (χ0v) is 10.7. The molecule has 2 fully saturated rings. The summed E-state index contributed by atoms with van der Waals surface area (Å²) in [5.41, 5.74) is 6.11. The minimum atomic E-state index is 0.0387. The van der Waals surface area contributed by atoms with Gasteiger partial charge in [-0.3, -0.25) is 4.79 Å². The van der Waals surface area contributed by atoms with E-state index >= 15 is 0 Å². The average molecular weight is 240 g/mol. The van der Waals surface area contributed by atoms with Gasteiger partial charge in [-0.1, -0.05) is 6.92 Å². The lowest BCUT2D eigenvalue weighted by atomic mass is 9.78. The normalized spacial score (nSPS) is 35.4. The highest BCUT2D eigenvalue weighted by Crippen LogP contribution is 2.29. The van der Waals surface area contributed by atoms with Gasteiger partial charge in [0.1, 0.15) is 0 Å². The smallest absolute Gasteiger partial charge is 0.227 e. The standard InChI is InChI=1S/C13H24N2O2/c1-10-3-4-12(14)11(9-10)13(16)15-5-2-7-17-8-6-15/h10-12H,2-9,14H2,1H3. The molecule has 1 aliphatic heterocycles. The highest BCUT2D eigenvalue weighted by atomic mass is 16.5. The Labute approximate surface area is 103 Å². The molecular weight excluding hydrogens is 216 g/mol. The molecule has 3 atom stereocenters. The first-order valence-corrected chi connectivity index (χ1v) is 6.80. The number of carbonyl (C=O) groups is 1. The van der Waals surface area contributed by atoms with Gasteiger partial charge in [-0.25, -0.2) is 0 Å². The Morgan fingerprint density at radius 1 is 1.29 bits per heavy atom. The first kappa shape index (κ1) is 12.8. The van der Waals surface area contributed by atoms with Crippen molar-refractivity contribution in [3.63, 3.8) is 0 Å². The van der Waals surface area contributed by atoms with Crippen molar-refractivity contribution in [1.82, 2.24) is 4.90 Å². The van der Waals surface area contributed by atoms with Crippen LogP contribution in [0.1, 0.15) is 32.6 Å². The molecule has 1 saturated carbocycles. The van der Waals surface area contributed by atoms with Gasteiger partial charge in [-0.05, 0) is 31.6 Å². The molecular formula is C13H24N2O2. The van der Waals surface area contributed by atoms with Crippen molar-refractivity contribution >= 4 is 5.91 Å². The Morgan fingerprint density at radius 2 is 2.12 bits per heavy atom. The molecule has 17 heavy (non-hydrogen) atoms. The van der Waals surface area contributed by atoms with E-state index in [1.54, 1.807) is 0 Å². The number of amides is 1. The van der Waals surface area contributed by atoms with E-state index < -0.39 is 0 Å². The number of ether oxygens (including phenoxy) is 1. The number of hydrogen-bond donors (Lipinski definition) is 1. The van der Waals surface area contributed by atoms with E-state index in [0.717, 1.165) is 45.4 Å². The van der Waals surface area contributed by atoms with Gasteiger partial charge in [-0.15, -0.1) is 0 Å². The van der Waals surface area contributed by atoms with E-state index in [0.29, 0.717) is 12.5 Å². The van der Waals surface area contributed by atoms with Crippen molar-refractivity contribution < 1.29 is 9.53 Å². The maximum absolute atomic E-state index is 12.5. The second-order valence-corrected chi connectivity index (χ2v) is 5.48. The first-order chi connectivity index (χ1) is 8.18. The van der Waals surface area contributed by atoms with Gasteiger partial charge < -0.3 is 15.4 Å². The minimum absolute atomic E-state index is 0.0387. The molecule has 2 rings (SSSR count). The summed E-state index contributed by atoms with van der Waals surface area (Å²) in [5.74, 6) is 0.929. The summed E-state index contributed by atoms with van der Waals surface area (Å²) < 4.78 is 5.39. The summed E-state index contributed by atoms with van der Waals surface area (Å²) in [6.45, 7) is 5.23. The molecule has 4 heteroatoms. The number of rotatable bonds is 1. The molecule has 3 unspecified atom stereocenters. The Hall–Kier alpha value is -0.610. The lowest BCUT2D eigenvalue weighted by Crippen LogP contribution is -2.47. The second-order valence-electron chi connectivity index (χ2n) is 5.48. The molecule has 1 saturated heterocycles. The van der Waals surface area contributed by atoms with E-state index in [-0.39, 0.29) is 17.9 Å². The number of hydrogen-bond acceptors (Lipinski definition) is 3. The van der Waals surface area contributed by atoms with Crippen LogP contribution in [0.25, 0.3) is 0 Å².